The molecule has 0 bridgehead atoms. The van der Waals surface area contributed by atoms with Crippen molar-refractivity contribution in [3.8, 4) is 5.75 Å². The van der Waals surface area contributed by atoms with E-state index in [-0.39, 0.29) is 17.5 Å². The normalized spacial score (nSPS) is 16.6. The molecule has 1 fully saturated rings. The minimum absolute atomic E-state index is 0.0766. The van der Waals surface area contributed by atoms with Gasteiger partial charge in [0.25, 0.3) is 5.56 Å². The molecule has 1 atom stereocenters. The zero-order chi connectivity index (χ0) is 19.5. The highest BCUT2D eigenvalue weighted by molar-refractivity contribution is 7.99. The van der Waals surface area contributed by atoms with E-state index >= 15 is 0 Å². The van der Waals surface area contributed by atoms with Crippen LogP contribution in [0.5, 0.6) is 5.75 Å². The quantitative estimate of drug-likeness (QED) is 0.618. The number of hydrogen-bond donors (Lipinski definition) is 0. The van der Waals surface area contributed by atoms with Crippen LogP contribution in [-0.4, -0.2) is 39.6 Å². The summed E-state index contributed by atoms with van der Waals surface area (Å²) in [4.78, 5) is 32.0. The van der Waals surface area contributed by atoms with Crippen molar-refractivity contribution in [1.29, 1.82) is 0 Å². The summed E-state index contributed by atoms with van der Waals surface area (Å²) in [5, 5.41) is 1.84. The summed E-state index contributed by atoms with van der Waals surface area (Å²) in [7, 11) is 1.65. The van der Waals surface area contributed by atoms with Gasteiger partial charge in [0.2, 0.25) is 5.91 Å². The first kappa shape index (κ1) is 19.0. The second-order valence-corrected chi connectivity index (χ2v) is 8.51. The SMILES string of the molecule is COc1ccc(C2CCCN2C(=O)CSCc2cc(=O)n3ccsc3n2)cc1. The van der Waals surface area contributed by atoms with Gasteiger partial charge in [-0.2, -0.15) is 0 Å². The number of carbonyl (C=O) groups is 1. The number of carbonyl (C=O) groups excluding carboxylic acids is 1. The molecule has 1 unspecified atom stereocenters. The summed E-state index contributed by atoms with van der Waals surface area (Å²) in [6.07, 6.45) is 3.72. The lowest BCUT2D eigenvalue weighted by Crippen LogP contribution is -2.32. The largest absolute Gasteiger partial charge is 0.497 e. The van der Waals surface area contributed by atoms with E-state index < -0.39 is 0 Å². The topological polar surface area (TPSA) is 63.9 Å². The van der Waals surface area contributed by atoms with Crippen molar-refractivity contribution in [1.82, 2.24) is 14.3 Å². The molecular weight excluding hydrogens is 394 g/mol. The second kappa shape index (κ2) is 8.36. The van der Waals surface area contributed by atoms with Gasteiger partial charge in [0.1, 0.15) is 5.75 Å². The molecule has 3 heterocycles. The summed E-state index contributed by atoms with van der Waals surface area (Å²) >= 11 is 2.94. The molecule has 0 aliphatic carbocycles. The van der Waals surface area contributed by atoms with E-state index in [1.54, 1.807) is 19.4 Å². The van der Waals surface area contributed by atoms with Gasteiger partial charge in [0.15, 0.2) is 4.96 Å². The Hall–Kier alpha value is -2.32. The van der Waals surface area contributed by atoms with E-state index in [1.165, 1.54) is 27.5 Å². The smallest absolute Gasteiger partial charge is 0.258 e. The number of thioether (sulfide) groups is 1. The Balaban J connectivity index is 1.37. The number of hydrogen-bond acceptors (Lipinski definition) is 6. The Kier molecular flexibility index (Phi) is 5.68. The number of amides is 1. The van der Waals surface area contributed by atoms with Crippen molar-refractivity contribution in [3.05, 3.63) is 63.5 Å². The minimum Gasteiger partial charge on any atom is -0.497 e. The van der Waals surface area contributed by atoms with Crippen molar-refractivity contribution < 1.29 is 9.53 Å². The van der Waals surface area contributed by atoms with Crippen molar-refractivity contribution in [2.45, 2.75) is 24.6 Å². The molecule has 28 heavy (non-hydrogen) atoms. The van der Waals surface area contributed by atoms with E-state index in [9.17, 15) is 9.59 Å². The van der Waals surface area contributed by atoms with Gasteiger partial charge in [0, 0.05) is 29.9 Å². The Labute approximate surface area is 171 Å². The lowest BCUT2D eigenvalue weighted by Gasteiger charge is -2.25. The van der Waals surface area contributed by atoms with Crippen LogP contribution in [0.3, 0.4) is 0 Å². The van der Waals surface area contributed by atoms with Crippen molar-refractivity contribution in [2.24, 2.45) is 0 Å². The Morgan fingerprint density at radius 2 is 2.18 bits per heavy atom. The maximum atomic E-state index is 12.8. The first-order valence-electron chi connectivity index (χ1n) is 9.12. The Bertz CT molecular complexity index is 1030. The molecule has 4 rings (SSSR count). The van der Waals surface area contributed by atoms with Gasteiger partial charge < -0.3 is 9.64 Å². The highest BCUT2D eigenvalue weighted by Gasteiger charge is 2.29. The molecule has 146 valence electrons. The molecule has 3 aromatic rings. The van der Waals surface area contributed by atoms with E-state index in [1.807, 2.05) is 34.5 Å². The van der Waals surface area contributed by atoms with Gasteiger partial charge in [-0.05, 0) is 30.5 Å². The predicted molar refractivity (Wildman–Crippen MR) is 112 cm³/mol. The van der Waals surface area contributed by atoms with Gasteiger partial charge in [-0.25, -0.2) is 4.98 Å². The first-order chi connectivity index (χ1) is 13.7. The summed E-state index contributed by atoms with van der Waals surface area (Å²) in [6, 6.07) is 9.63. The zero-order valence-electron chi connectivity index (χ0n) is 15.5. The molecule has 2 aromatic heterocycles. The maximum Gasteiger partial charge on any atom is 0.258 e. The van der Waals surface area contributed by atoms with Gasteiger partial charge in [0.05, 0.1) is 24.6 Å². The number of thiazole rings is 1. The lowest BCUT2D eigenvalue weighted by atomic mass is 10.0. The van der Waals surface area contributed by atoms with Crippen LogP contribution in [0.25, 0.3) is 4.96 Å². The van der Waals surface area contributed by atoms with Crippen LogP contribution in [0, 0.1) is 0 Å². The lowest BCUT2D eigenvalue weighted by molar-refractivity contribution is -0.129. The van der Waals surface area contributed by atoms with Gasteiger partial charge >= 0.3 is 0 Å². The van der Waals surface area contributed by atoms with Crippen LogP contribution in [-0.2, 0) is 10.5 Å². The molecule has 1 aliphatic rings. The second-order valence-electron chi connectivity index (χ2n) is 6.65. The maximum absolute atomic E-state index is 12.8. The fourth-order valence-electron chi connectivity index (χ4n) is 3.53. The summed E-state index contributed by atoms with van der Waals surface area (Å²) in [5.41, 5.74) is 1.79. The molecular formula is C20H21N3O3S2. The Morgan fingerprint density at radius 3 is 2.96 bits per heavy atom. The average Bonchev–Trinajstić information content (AvgIpc) is 3.38. The summed E-state index contributed by atoms with van der Waals surface area (Å²) in [5.74, 6) is 1.90. The molecule has 0 radical (unpaired) electrons. The third kappa shape index (κ3) is 3.93. The summed E-state index contributed by atoms with van der Waals surface area (Å²) < 4.78 is 6.75. The number of likely N-dealkylation sites (tertiary alicyclic amines) is 1. The van der Waals surface area contributed by atoms with Crippen molar-refractivity contribution >= 4 is 34.0 Å². The molecule has 1 aliphatic heterocycles. The number of aromatic nitrogens is 2. The monoisotopic (exact) mass is 415 g/mol. The third-order valence-corrected chi connectivity index (χ3v) is 6.61. The molecule has 8 heteroatoms. The van der Waals surface area contributed by atoms with Crippen LogP contribution < -0.4 is 10.3 Å². The van der Waals surface area contributed by atoms with Gasteiger partial charge in [-0.3, -0.25) is 14.0 Å². The van der Waals surface area contributed by atoms with Crippen LogP contribution in [0.1, 0.15) is 30.1 Å². The summed E-state index contributed by atoms with van der Waals surface area (Å²) in [6.45, 7) is 0.789. The fourth-order valence-corrected chi connectivity index (χ4v) is 5.06. The van der Waals surface area contributed by atoms with Gasteiger partial charge in [-0.15, -0.1) is 23.1 Å². The number of ether oxygens (including phenoxy) is 1. The van der Waals surface area contributed by atoms with Crippen LogP contribution in [0.4, 0.5) is 0 Å². The van der Waals surface area contributed by atoms with Crippen molar-refractivity contribution in [3.63, 3.8) is 0 Å². The standard InChI is InChI=1S/C20H21N3O3S2/c1-26-16-6-4-14(5-7-16)17-3-2-8-22(17)19(25)13-27-12-15-11-18(24)23-9-10-28-20(23)21-15/h4-7,9-11,17H,2-3,8,12-13H2,1H3. The number of methoxy groups -OCH3 is 1. The molecule has 0 spiro atoms. The number of benzene rings is 1. The van der Waals surface area contributed by atoms with E-state index in [4.69, 9.17) is 4.74 Å². The molecule has 0 saturated carbocycles. The minimum atomic E-state index is -0.0766. The number of nitrogens with zero attached hydrogens (tertiary/aromatic N) is 3. The fraction of sp³-hybridized carbons (Fsp3) is 0.350. The molecule has 1 saturated heterocycles. The number of rotatable bonds is 6. The third-order valence-electron chi connectivity index (χ3n) is 4.91. The first-order valence-corrected chi connectivity index (χ1v) is 11.2. The van der Waals surface area contributed by atoms with E-state index in [0.29, 0.717) is 16.5 Å². The predicted octanol–water partition coefficient (Wildman–Crippen LogP) is 3.36. The van der Waals surface area contributed by atoms with Crippen LogP contribution in [0.2, 0.25) is 0 Å². The highest BCUT2D eigenvalue weighted by atomic mass is 32.2. The van der Waals surface area contributed by atoms with Crippen molar-refractivity contribution in [2.75, 3.05) is 19.4 Å². The average molecular weight is 416 g/mol. The highest BCUT2D eigenvalue weighted by Crippen LogP contribution is 2.33. The molecule has 0 N–H and O–H groups in total. The van der Waals surface area contributed by atoms with E-state index in [2.05, 4.69) is 4.98 Å². The molecule has 1 aromatic carbocycles. The van der Waals surface area contributed by atoms with E-state index in [0.717, 1.165) is 36.4 Å². The molecule has 6 nitrogen and oxygen atoms in total. The number of fused-ring (bicyclic) bond motifs is 1. The Morgan fingerprint density at radius 1 is 1.36 bits per heavy atom. The van der Waals surface area contributed by atoms with Crippen LogP contribution in [0.15, 0.2) is 46.7 Å². The van der Waals surface area contributed by atoms with Gasteiger partial charge in [-0.1, -0.05) is 12.1 Å². The van der Waals surface area contributed by atoms with Crippen LogP contribution >= 0.6 is 23.1 Å². The zero-order valence-corrected chi connectivity index (χ0v) is 17.2. The molecule has 1 amide bonds.